The average Bonchev–Trinajstić information content (AvgIpc) is 1.88. The Hall–Kier alpha value is -0.120. The molecule has 10 heavy (non-hydrogen) atoms. The minimum atomic E-state index is -0.597. The molecule has 0 spiro atoms. The van der Waals surface area contributed by atoms with E-state index in [-0.39, 0.29) is 0 Å². The zero-order chi connectivity index (χ0) is 7.61. The summed E-state index contributed by atoms with van der Waals surface area (Å²) in [6.45, 7) is 3.98. The first-order valence-electron chi connectivity index (χ1n) is 3.93. The van der Waals surface area contributed by atoms with Gasteiger partial charge in [-0.05, 0) is 19.8 Å². The van der Waals surface area contributed by atoms with Gasteiger partial charge in [-0.2, -0.15) is 0 Å². The van der Waals surface area contributed by atoms with E-state index in [1.807, 2.05) is 6.92 Å². The first kappa shape index (κ1) is 7.98. The topological polar surface area (TPSA) is 55.3 Å². The SMILES string of the molecule is CC(N)(N)N1CCCCC1. The molecule has 4 N–H and O–H groups in total. The molecule has 1 aliphatic heterocycles. The maximum Gasteiger partial charge on any atom is 0.117 e. The summed E-state index contributed by atoms with van der Waals surface area (Å²) < 4.78 is 0. The summed E-state index contributed by atoms with van der Waals surface area (Å²) in [7, 11) is 0. The highest BCUT2D eigenvalue weighted by atomic mass is 15.3. The maximum atomic E-state index is 5.71. The summed E-state index contributed by atoms with van der Waals surface area (Å²) in [4.78, 5) is 2.14. The number of hydrogen-bond acceptors (Lipinski definition) is 3. The second-order valence-corrected chi connectivity index (χ2v) is 3.27. The molecule has 0 amide bonds. The molecule has 1 fully saturated rings. The van der Waals surface area contributed by atoms with Gasteiger partial charge in [0.05, 0.1) is 0 Å². The Morgan fingerprint density at radius 2 is 1.60 bits per heavy atom. The highest BCUT2D eigenvalue weighted by Crippen LogP contribution is 2.12. The van der Waals surface area contributed by atoms with E-state index in [2.05, 4.69) is 4.90 Å². The molecule has 1 saturated heterocycles. The molecule has 0 radical (unpaired) electrons. The predicted molar refractivity (Wildman–Crippen MR) is 42.2 cm³/mol. The molecule has 0 aromatic rings. The van der Waals surface area contributed by atoms with Crippen molar-refractivity contribution >= 4 is 0 Å². The minimum absolute atomic E-state index is 0.597. The lowest BCUT2D eigenvalue weighted by Crippen LogP contribution is -2.61. The standard InChI is InChI=1S/C7H17N3/c1-7(8,9)10-5-3-2-4-6-10/h2-6,8-9H2,1H3. The van der Waals surface area contributed by atoms with Gasteiger partial charge in [-0.3, -0.25) is 4.90 Å². The van der Waals surface area contributed by atoms with Gasteiger partial charge < -0.3 is 11.5 Å². The molecule has 1 aliphatic rings. The van der Waals surface area contributed by atoms with Crippen LogP contribution >= 0.6 is 0 Å². The van der Waals surface area contributed by atoms with Crippen LogP contribution in [0.1, 0.15) is 26.2 Å². The van der Waals surface area contributed by atoms with Crippen molar-refractivity contribution < 1.29 is 0 Å². The summed E-state index contributed by atoms with van der Waals surface area (Å²) >= 11 is 0. The molecule has 0 atom stereocenters. The highest BCUT2D eigenvalue weighted by Gasteiger charge is 2.23. The molecule has 1 rings (SSSR count). The summed E-state index contributed by atoms with van der Waals surface area (Å²) in [6, 6.07) is 0. The number of nitrogens with two attached hydrogens (primary N) is 2. The monoisotopic (exact) mass is 143 g/mol. The molecule has 0 aromatic carbocycles. The molecular formula is C7H17N3. The fourth-order valence-corrected chi connectivity index (χ4v) is 1.38. The van der Waals surface area contributed by atoms with Crippen LogP contribution in [-0.4, -0.2) is 23.8 Å². The van der Waals surface area contributed by atoms with Crippen molar-refractivity contribution in [1.29, 1.82) is 0 Å². The third-order valence-corrected chi connectivity index (χ3v) is 2.04. The van der Waals surface area contributed by atoms with E-state index in [9.17, 15) is 0 Å². The van der Waals surface area contributed by atoms with Crippen LogP contribution in [0, 0.1) is 0 Å². The number of rotatable bonds is 1. The fourth-order valence-electron chi connectivity index (χ4n) is 1.38. The largest absolute Gasteiger partial charge is 0.301 e. The summed E-state index contributed by atoms with van der Waals surface area (Å²) in [5.74, 6) is -0.597. The van der Waals surface area contributed by atoms with Gasteiger partial charge in [0.25, 0.3) is 0 Å². The van der Waals surface area contributed by atoms with Crippen LogP contribution in [0.5, 0.6) is 0 Å². The third-order valence-electron chi connectivity index (χ3n) is 2.04. The lowest BCUT2D eigenvalue weighted by molar-refractivity contribution is 0.0909. The summed E-state index contributed by atoms with van der Waals surface area (Å²) in [5.41, 5.74) is 11.4. The Bertz CT molecular complexity index is 99.9. The Morgan fingerprint density at radius 1 is 1.10 bits per heavy atom. The Morgan fingerprint density at radius 3 is 1.90 bits per heavy atom. The molecular weight excluding hydrogens is 126 g/mol. The van der Waals surface area contributed by atoms with Gasteiger partial charge in [0, 0.05) is 13.1 Å². The summed E-state index contributed by atoms with van der Waals surface area (Å²) in [6.07, 6.45) is 3.81. The van der Waals surface area contributed by atoms with Gasteiger partial charge in [0.1, 0.15) is 5.79 Å². The van der Waals surface area contributed by atoms with Crippen LogP contribution in [-0.2, 0) is 0 Å². The van der Waals surface area contributed by atoms with Crippen molar-refractivity contribution in [3.05, 3.63) is 0 Å². The lowest BCUT2D eigenvalue weighted by Gasteiger charge is -2.37. The van der Waals surface area contributed by atoms with Crippen molar-refractivity contribution in [2.75, 3.05) is 13.1 Å². The zero-order valence-corrected chi connectivity index (χ0v) is 6.64. The van der Waals surface area contributed by atoms with Crippen molar-refractivity contribution in [3.63, 3.8) is 0 Å². The van der Waals surface area contributed by atoms with Crippen molar-refractivity contribution in [2.45, 2.75) is 32.0 Å². The number of hydrogen-bond donors (Lipinski definition) is 2. The first-order valence-corrected chi connectivity index (χ1v) is 3.93. The van der Waals surface area contributed by atoms with Crippen molar-refractivity contribution in [1.82, 2.24) is 4.90 Å². The molecule has 0 saturated carbocycles. The Balaban J connectivity index is 2.39. The van der Waals surface area contributed by atoms with E-state index < -0.39 is 5.79 Å². The molecule has 1 heterocycles. The second-order valence-electron chi connectivity index (χ2n) is 3.27. The minimum Gasteiger partial charge on any atom is -0.301 e. The van der Waals surface area contributed by atoms with E-state index in [1.165, 1.54) is 19.3 Å². The molecule has 3 heteroatoms. The highest BCUT2D eigenvalue weighted by molar-refractivity contribution is 4.75. The normalized spacial score (nSPS) is 23.1. The second kappa shape index (κ2) is 2.86. The van der Waals surface area contributed by atoms with Crippen LogP contribution in [0.15, 0.2) is 0 Å². The quantitative estimate of drug-likeness (QED) is 0.510. The van der Waals surface area contributed by atoms with Gasteiger partial charge in [-0.25, -0.2) is 0 Å². The molecule has 0 bridgehead atoms. The van der Waals surface area contributed by atoms with Crippen LogP contribution in [0.3, 0.4) is 0 Å². The van der Waals surface area contributed by atoms with Gasteiger partial charge in [0.2, 0.25) is 0 Å². The predicted octanol–water partition coefficient (Wildman–Crippen LogP) is 0.0634. The van der Waals surface area contributed by atoms with Gasteiger partial charge in [-0.15, -0.1) is 0 Å². The van der Waals surface area contributed by atoms with Crippen LogP contribution in [0.2, 0.25) is 0 Å². The van der Waals surface area contributed by atoms with E-state index in [1.54, 1.807) is 0 Å². The number of nitrogens with zero attached hydrogens (tertiary/aromatic N) is 1. The van der Waals surface area contributed by atoms with E-state index >= 15 is 0 Å². The number of piperidine rings is 1. The zero-order valence-electron chi connectivity index (χ0n) is 6.64. The van der Waals surface area contributed by atoms with E-state index in [0.29, 0.717) is 0 Å². The summed E-state index contributed by atoms with van der Waals surface area (Å²) in [5, 5.41) is 0. The average molecular weight is 143 g/mol. The Kier molecular flexibility index (Phi) is 2.28. The molecule has 3 nitrogen and oxygen atoms in total. The first-order chi connectivity index (χ1) is 4.61. The molecule has 0 aromatic heterocycles. The number of likely N-dealkylation sites (tertiary alicyclic amines) is 1. The molecule has 60 valence electrons. The Labute approximate surface area is 62.4 Å². The van der Waals surface area contributed by atoms with Crippen molar-refractivity contribution in [3.8, 4) is 0 Å². The van der Waals surface area contributed by atoms with Crippen LogP contribution in [0.25, 0.3) is 0 Å². The van der Waals surface area contributed by atoms with E-state index in [4.69, 9.17) is 11.5 Å². The fraction of sp³-hybridized carbons (Fsp3) is 1.00. The third kappa shape index (κ3) is 1.94. The van der Waals surface area contributed by atoms with Crippen LogP contribution in [0.4, 0.5) is 0 Å². The lowest BCUT2D eigenvalue weighted by atomic mass is 10.1. The smallest absolute Gasteiger partial charge is 0.117 e. The van der Waals surface area contributed by atoms with Crippen LogP contribution < -0.4 is 11.5 Å². The molecule has 0 aliphatic carbocycles. The maximum absolute atomic E-state index is 5.71. The van der Waals surface area contributed by atoms with E-state index in [0.717, 1.165) is 13.1 Å². The van der Waals surface area contributed by atoms with Gasteiger partial charge >= 0.3 is 0 Å². The van der Waals surface area contributed by atoms with Crippen molar-refractivity contribution in [2.24, 2.45) is 11.5 Å². The van der Waals surface area contributed by atoms with Gasteiger partial charge in [-0.1, -0.05) is 6.42 Å². The van der Waals surface area contributed by atoms with Gasteiger partial charge in [0.15, 0.2) is 0 Å². The molecule has 0 unspecified atom stereocenters.